The maximum atomic E-state index is 11.9. The van der Waals surface area contributed by atoms with Crippen LogP contribution in [0.2, 0.25) is 0 Å². The lowest BCUT2D eigenvalue weighted by Crippen LogP contribution is -1.98. The van der Waals surface area contributed by atoms with Crippen LogP contribution in [0.1, 0.15) is 23.0 Å². The number of nitrogens with zero attached hydrogens (tertiary/aromatic N) is 1. The van der Waals surface area contributed by atoms with Gasteiger partial charge in [-0.25, -0.2) is 0 Å². The van der Waals surface area contributed by atoms with Gasteiger partial charge in [0.1, 0.15) is 17.2 Å². The molecule has 0 unspecified atom stereocenters. The van der Waals surface area contributed by atoms with Gasteiger partial charge in [-0.1, -0.05) is 35.5 Å². The Labute approximate surface area is 122 Å². The number of fused-ring (bicyclic) bond motifs is 1. The van der Waals surface area contributed by atoms with E-state index in [1.54, 1.807) is 14.0 Å². The van der Waals surface area contributed by atoms with E-state index in [2.05, 4.69) is 5.16 Å². The topological polar surface area (TPSA) is 52.3 Å². The van der Waals surface area contributed by atoms with Gasteiger partial charge in [-0.15, -0.1) is 0 Å². The third-order valence-electron chi connectivity index (χ3n) is 3.56. The maximum absolute atomic E-state index is 11.9. The summed E-state index contributed by atoms with van der Waals surface area (Å²) in [5.41, 5.74) is 1.83. The van der Waals surface area contributed by atoms with E-state index in [0.29, 0.717) is 22.8 Å². The molecule has 0 spiro atoms. The Morgan fingerprint density at radius 1 is 1.19 bits per heavy atom. The minimum Gasteiger partial charge on any atom is -0.496 e. The molecule has 0 N–H and O–H groups in total. The summed E-state index contributed by atoms with van der Waals surface area (Å²) in [7, 11) is 1.61. The predicted molar refractivity (Wildman–Crippen MR) is 80.7 cm³/mol. The Morgan fingerprint density at radius 3 is 2.67 bits per heavy atom. The number of methoxy groups -OCH3 is 1. The largest absolute Gasteiger partial charge is 0.496 e. The third-order valence-corrected chi connectivity index (χ3v) is 3.56. The number of aryl methyl sites for hydroxylation is 1. The number of hydrogen-bond donors (Lipinski definition) is 0. The molecule has 4 heteroatoms. The fourth-order valence-electron chi connectivity index (χ4n) is 2.62. The highest BCUT2D eigenvalue weighted by molar-refractivity contribution is 6.07. The number of ether oxygens (including phenoxy) is 1. The molecule has 0 fully saturated rings. The van der Waals surface area contributed by atoms with Crippen molar-refractivity contribution in [1.82, 2.24) is 5.16 Å². The smallest absolute Gasteiger partial charge is 0.165 e. The van der Waals surface area contributed by atoms with Crippen LogP contribution in [-0.2, 0) is 0 Å². The first-order valence-electron chi connectivity index (χ1n) is 6.66. The van der Waals surface area contributed by atoms with Gasteiger partial charge >= 0.3 is 0 Å². The molecule has 0 radical (unpaired) electrons. The molecule has 0 amide bonds. The van der Waals surface area contributed by atoms with Crippen LogP contribution in [0.15, 0.2) is 40.9 Å². The molecular formula is C17H15NO3. The quantitative estimate of drug-likeness (QED) is 0.680. The zero-order valence-corrected chi connectivity index (χ0v) is 12.1. The summed E-state index contributed by atoms with van der Waals surface area (Å²) in [6, 6.07) is 11.8. The fraction of sp³-hybridized carbons (Fsp3) is 0.176. The highest BCUT2D eigenvalue weighted by atomic mass is 16.5. The van der Waals surface area contributed by atoms with Crippen molar-refractivity contribution in [3.63, 3.8) is 0 Å². The lowest BCUT2D eigenvalue weighted by molar-refractivity contribution is 0.101. The van der Waals surface area contributed by atoms with Gasteiger partial charge < -0.3 is 9.26 Å². The van der Waals surface area contributed by atoms with Crippen molar-refractivity contribution in [2.24, 2.45) is 0 Å². The molecule has 0 aliphatic heterocycles. The van der Waals surface area contributed by atoms with Gasteiger partial charge in [-0.2, -0.15) is 0 Å². The average Bonchev–Trinajstić information content (AvgIpc) is 2.87. The summed E-state index contributed by atoms with van der Waals surface area (Å²) in [6.45, 7) is 3.26. The van der Waals surface area contributed by atoms with Crippen LogP contribution in [-0.4, -0.2) is 18.0 Å². The van der Waals surface area contributed by atoms with Crippen molar-refractivity contribution in [1.29, 1.82) is 0 Å². The molecule has 1 aromatic heterocycles. The maximum Gasteiger partial charge on any atom is 0.165 e. The monoisotopic (exact) mass is 281 g/mol. The molecule has 3 aromatic rings. The second-order valence-corrected chi connectivity index (χ2v) is 4.88. The average molecular weight is 281 g/mol. The SMILES string of the molecule is COc1ccc2ccccc2c1-c1noc(C)c1C(C)=O. The Balaban J connectivity index is 2.41. The Hall–Kier alpha value is -2.62. The lowest BCUT2D eigenvalue weighted by Gasteiger charge is -2.10. The van der Waals surface area contributed by atoms with Gasteiger partial charge in [0.15, 0.2) is 5.78 Å². The molecular weight excluding hydrogens is 266 g/mol. The van der Waals surface area contributed by atoms with Crippen LogP contribution in [0.5, 0.6) is 5.75 Å². The predicted octanol–water partition coefficient (Wildman–Crippen LogP) is 4.01. The lowest BCUT2D eigenvalue weighted by atomic mass is 9.97. The molecule has 3 rings (SSSR count). The van der Waals surface area contributed by atoms with Crippen molar-refractivity contribution < 1.29 is 14.1 Å². The number of Topliss-reactive ketones (excluding diaryl/α,β-unsaturated/α-hetero) is 1. The Morgan fingerprint density at radius 2 is 1.95 bits per heavy atom. The van der Waals surface area contributed by atoms with Crippen LogP contribution in [0, 0.1) is 6.92 Å². The summed E-state index contributed by atoms with van der Waals surface area (Å²) in [5, 5.41) is 6.13. The van der Waals surface area contributed by atoms with E-state index in [-0.39, 0.29) is 5.78 Å². The van der Waals surface area contributed by atoms with Gasteiger partial charge in [-0.05, 0) is 30.7 Å². The van der Waals surface area contributed by atoms with Gasteiger partial charge in [0.25, 0.3) is 0 Å². The molecule has 0 atom stereocenters. The fourth-order valence-corrected chi connectivity index (χ4v) is 2.62. The molecule has 21 heavy (non-hydrogen) atoms. The number of carbonyl (C=O) groups is 1. The zero-order valence-electron chi connectivity index (χ0n) is 12.1. The van der Waals surface area contributed by atoms with E-state index in [1.165, 1.54) is 6.92 Å². The van der Waals surface area contributed by atoms with E-state index < -0.39 is 0 Å². The highest BCUT2D eigenvalue weighted by Gasteiger charge is 2.23. The van der Waals surface area contributed by atoms with Gasteiger partial charge in [0.2, 0.25) is 0 Å². The minimum absolute atomic E-state index is 0.0706. The molecule has 0 bridgehead atoms. The normalized spacial score (nSPS) is 10.8. The number of hydrogen-bond acceptors (Lipinski definition) is 4. The first-order valence-corrected chi connectivity index (χ1v) is 6.66. The molecule has 0 saturated heterocycles. The van der Waals surface area contributed by atoms with E-state index in [0.717, 1.165) is 16.3 Å². The number of benzene rings is 2. The van der Waals surface area contributed by atoms with Gasteiger partial charge in [0, 0.05) is 0 Å². The van der Waals surface area contributed by atoms with Crippen LogP contribution in [0.3, 0.4) is 0 Å². The van der Waals surface area contributed by atoms with E-state index in [1.807, 2.05) is 36.4 Å². The number of aromatic nitrogens is 1. The molecule has 0 saturated carbocycles. The summed E-state index contributed by atoms with van der Waals surface area (Å²) in [4.78, 5) is 11.9. The van der Waals surface area contributed by atoms with Crippen LogP contribution >= 0.6 is 0 Å². The second kappa shape index (κ2) is 5.05. The van der Waals surface area contributed by atoms with E-state index in [9.17, 15) is 4.79 Å². The van der Waals surface area contributed by atoms with Crippen LogP contribution in [0.4, 0.5) is 0 Å². The van der Waals surface area contributed by atoms with Crippen molar-refractivity contribution >= 4 is 16.6 Å². The molecule has 4 nitrogen and oxygen atoms in total. The molecule has 106 valence electrons. The Kier molecular flexibility index (Phi) is 3.22. The minimum atomic E-state index is -0.0706. The first kappa shape index (κ1) is 13.4. The Bertz CT molecular complexity index is 833. The summed E-state index contributed by atoms with van der Waals surface area (Å²) >= 11 is 0. The van der Waals surface area contributed by atoms with Crippen LogP contribution < -0.4 is 4.74 Å². The third kappa shape index (κ3) is 2.09. The van der Waals surface area contributed by atoms with Crippen molar-refractivity contribution in [3.8, 4) is 17.0 Å². The van der Waals surface area contributed by atoms with Gasteiger partial charge in [-0.3, -0.25) is 4.79 Å². The van der Waals surface area contributed by atoms with Crippen molar-refractivity contribution in [3.05, 3.63) is 47.7 Å². The van der Waals surface area contributed by atoms with Crippen molar-refractivity contribution in [2.75, 3.05) is 7.11 Å². The van der Waals surface area contributed by atoms with Crippen molar-refractivity contribution in [2.45, 2.75) is 13.8 Å². The molecule has 2 aromatic carbocycles. The van der Waals surface area contributed by atoms with Crippen LogP contribution in [0.25, 0.3) is 22.0 Å². The second-order valence-electron chi connectivity index (χ2n) is 4.88. The molecule has 0 aliphatic carbocycles. The summed E-state index contributed by atoms with van der Waals surface area (Å²) < 4.78 is 10.7. The zero-order chi connectivity index (χ0) is 15.0. The number of carbonyl (C=O) groups excluding carboxylic acids is 1. The highest BCUT2D eigenvalue weighted by Crippen LogP contribution is 2.38. The van der Waals surface area contributed by atoms with E-state index >= 15 is 0 Å². The van der Waals surface area contributed by atoms with Gasteiger partial charge in [0.05, 0.1) is 18.2 Å². The van der Waals surface area contributed by atoms with E-state index in [4.69, 9.17) is 9.26 Å². The summed E-state index contributed by atoms with van der Waals surface area (Å²) in [5.74, 6) is 1.12. The summed E-state index contributed by atoms with van der Waals surface area (Å²) in [6.07, 6.45) is 0. The number of rotatable bonds is 3. The first-order chi connectivity index (χ1) is 10.1. The number of ketones is 1. The standard InChI is InChI=1S/C17H15NO3/c1-10(19)15-11(2)21-18-17(15)16-13-7-5-4-6-12(13)8-9-14(16)20-3/h4-9H,1-3H3. The molecule has 0 aliphatic rings. The molecule has 1 heterocycles.